The maximum absolute atomic E-state index is 14.7. The number of halogens is 5. The minimum absolute atomic E-state index is 0.225. The van der Waals surface area contributed by atoms with Gasteiger partial charge in [0.25, 0.3) is 0 Å². The summed E-state index contributed by atoms with van der Waals surface area (Å²) in [5.74, 6) is -1.87. The number of furan rings is 4. The first-order valence-corrected chi connectivity index (χ1v) is 38.4. The molecule has 12 nitrogen and oxygen atoms in total. The van der Waals surface area contributed by atoms with E-state index in [1.165, 1.54) is 30.3 Å². The van der Waals surface area contributed by atoms with Crippen LogP contribution in [0.3, 0.4) is 0 Å². The van der Waals surface area contributed by atoms with Crippen molar-refractivity contribution in [1.82, 2.24) is 19.9 Å². The van der Waals surface area contributed by atoms with Crippen LogP contribution in [0.25, 0.3) is 178 Å². The highest BCUT2D eigenvalue weighted by Crippen LogP contribution is 2.44. The van der Waals surface area contributed by atoms with Gasteiger partial charge < -0.3 is 17.7 Å². The number of aromatic nitrogens is 8. The molecule has 0 saturated heterocycles. The molecule has 17 heteroatoms. The van der Waals surface area contributed by atoms with Gasteiger partial charge >= 0.3 is 0 Å². The summed E-state index contributed by atoms with van der Waals surface area (Å²) < 4.78 is 104. The van der Waals surface area contributed by atoms with E-state index in [9.17, 15) is 22.0 Å². The second kappa shape index (κ2) is 30.6. The van der Waals surface area contributed by atoms with E-state index in [1.54, 1.807) is 30.3 Å². The smallest absolute Gasteiger partial charge is 0.227 e. The molecule has 0 amide bonds. The molecule has 0 spiro atoms. The molecule has 0 fully saturated rings. The highest BCUT2D eigenvalue weighted by Gasteiger charge is 2.30. The Bertz CT molecular complexity index is 7400. The second-order valence-corrected chi connectivity index (χ2v) is 29.9. The molecular weight excluding hydrogens is 1470 g/mol. The van der Waals surface area contributed by atoms with Gasteiger partial charge in [-0.2, -0.15) is 0 Å². The molecule has 12 aromatic heterocycles. The van der Waals surface area contributed by atoms with E-state index in [0.717, 1.165) is 178 Å². The topological polar surface area (TPSA) is 120 Å². The molecule has 0 N–H and O–H groups in total. The van der Waals surface area contributed by atoms with E-state index in [1.807, 2.05) is 215 Å². The first kappa shape index (κ1) is 75.5. The SMILES string of the molecule is Cc1ccc2c(n1)oc1c(-c3c(-c4ccccc4F)ccc[n+]3C)c(C)ccc12.Cc1ccc2c(n1)oc1c(-c3cc(-c4ccccc4F)cc[n+]3C)c(C)ccc12.Cc1ccc2c(n1)oc1c(-c3ccc(-c4ccc(F)cc4F)c[n+]3C)c(C)ccc12.Cc1ccc2c(n1)oc1c(-c3ccc(-c4ccccc4F)c[n+]3C)c(C)ccc12. The Morgan fingerprint density at radius 3 is 1.01 bits per heavy atom. The fourth-order valence-electron chi connectivity index (χ4n) is 15.9. The third-order valence-electron chi connectivity index (χ3n) is 21.8. The third kappa shape index (κ3) is 14.0. The molecule has 8 aromatic carbocycles. The molecule has 0 bridgehead atoms. The van der Waals surface area contributed by atoms with E-state index in [2.05, 4.69) is 101 Å². The number of pyridine rings is 8. The molecule has 12 heterocycles. The minimum atomic E-state index is -0.590. The first-order chi connectivity index (χ1) is 56.5. The molecule has 20 rings (SSSR count). The molecule has 0 saturated carbocycles. The number of benzene rings is 8. The van der Waals surface area contributed by atoms with Crippen LogP contribution < -0.4 is 18.3 Å². The van der Waals surface area contributed by atoms with Crippen LogP contribution in [0.4, 0.5) is 22.0 Å². The summed E-state index contributed by atoms with van der Waals surface area (Å²) in [6, 6.07) is 72.6. The van der Waals surface area contributed by atoms with Crippen LogP contribution in [0.15, 0.2) is 279 Å². The Morgan fingerprint density at radius 1 is 0.256 bits per heavy atom. The van der Waals surface area contributed by atoms with Crippen molar-refractivity contribution in [2.75, 3.05) is 0 Å². The predicted octanol–water partition coefficient (Wildman–Crippen LogP) is 23.7. The van der Waals surface area contributed by atoms with Crippen molar-refractivity contribution in [2.24, 2.45) is 28.2 Å². The van der Waals surface area contributed by atoms with Crippen molar-refractivity contribution >= 4 is 88.3 Å². The van der Waals surface area contributed by atoms with Crippen molar-refractivity contribution in [2.45, 2.75) is 55.4 Å². The quantitative estimate of drug-likeness (QED) is 0.109. The maximum Gasteiger partial charge on any atom is 0.227 e. The Labute approximate surface area is 671 Å². The van der Waals surface area contributed by atoms with Crippen LogP contribution in [-0.2, 0) is 28.2 Å². The summed E-state index contributed by atoms with van der Waals surface area (Å²) in [7, 11) is 7.85. The minimum Gasteiger partial charge on any atom is -0.437 e. The number of hydrogen-bond acceptors (Lipinski definition) is 8. The van der Waals surface area contributed by atoms with Crippen molar-refractivity contribution < 1.29 is 57.9 Å². The fraction of sp³-hybridized carbons (Fsp3) is 0.120. The monoisotopic (exact) mass is 1550 g/mol. The van der Waals surface area contributed by atoms with Gasteiger partial charge in [0.1, 0.15) is 57.3 Å². The number of fused-ring (bicyclic) bond motifs is 12. The lowest BCUT2D eigenvalue weighted by atomic mass is 9.94. The zero-order valence-corrected chi connectivity index (χ0v) is 66.4. The summed E-state index contributed by atoms with van der Waals surface area (Å²) in [5, 5.41) is 8.07. The number of nitrogens with zero attached hydrogens (tertiary/aromatic N) is 8. The fourth-order valence-corrected chi connectivity index (χ4v) is 15.9. The van der Waals surface area contributed by atoms with Gasteiger partial charge in [-0.25, -0.2) is 60.2 Å². The second-order valence-electron chi connectivity index (χ2n) is 29.9. The first-order valence-electron chi connectivity index (χ1n) is 38.4. The van der Waals surface area contributed by atoms with Gasteiger partial charge in [-0.05, 0) is 180 Å². The van der Waals surface area contributed by atoms with E-state index in [-0.39, 0.29) is 17.5 Å². The molecule has 0 aliphatic heterocycles. The van der Waals surface area contributed by atoms with Crippen LogP contribution in [0.2, 0.25) is 0 Å². The molecule has 0 atom stereocenters. The highest BCUT2D eigenvalue weighted by atomic mass is 19.1. The maximum atomic E-state index is 14.7. The van der Waals surface area contributed by atoms with Gasteiger partial charge in [0.05, 0.1) is 27.8 Å². The van der Waals surface area contributed by atoms with Crippen molar-refractivity contribution in [3.8, 4) is 89.5 Å². The lowest BCUT2D eigenvalue weighted by Gasteiger charge is -2.11. The van der Waals surface area contributed by atoms with E-state index < -0.39 is 11.6 Å². The number of hydrogen-bond donors (Lipinski definition) is 0. The largest absolute Gasteiger partial charge is 0.437 e. The van der Waals surface area contributed by atoms with E-state index in [4.69, 9.17) is 17.7 Å². The molecule has 0 aliphatic carbocycles. The molecule has 574 valence electrons. The standard InChI is InChI=1S/C25H19F2N2O.3C25H20FN2O/c1-14-4-8-19-20-9-5-15(2)28-25(20)30-24(19)23(14)22-11-6-16(13-29(22)3)18-10-7-17(26)12-21(18)27;1-15-10-12-19-20-13-11-16(2)27-25(20)29-24(19)22(15)23-18(8-6-14-28(23)3)17-7-4-5-9-21(17)26;1-15-8-11-19-20-12-9-16(2)27-25(20)29-24(19)23(15)22-13-10-17(14-28(22)3)18-6-4-5-7-21(18)26;1-15-8-10-19-20-11-9-16(2)27-25(20)29-24(19)23(15)22-14-17(12-13-28(22)3)18-6-4-5-7-21(18)26/h4-13H,1-3H3;3*4-14H,1-3H3/q4*+1. The average Bonchev–Trinajstić information content (AvgIpc) is 1.29. The molecule has 117 heavy (non-hydrogen) atoms. The zero-order valence-electron chi connectivity index (χ0n) is 66.4. The summed E-state index contributed by atoms with van der Waals surface area (Å²) in [5.41, 5.74) is 26.7. The van der Waals surface area contributed by atoms with Crippen molar-refractivity contribution in [1.29, 1.82) is 0 Å². The third-order valence-corrected chi connectivity index (χ3v) is 21.8. The summed E-state index contributed by atoms with van der Waals surface area (Å²) >= 11 is 0. The van der Waals surface area contributed by atoms with Crippen molar-refractivity contribution in [3.05, 3.63) is 335 Å². The van der Waals surface area contributed by atoms with Gasteiger partial charge in [0, 0.05) is 136 Å². The Balaban J connectivity index is 0.000000112. The van der Waals surface area contributed by atoms with Crippen LogP contribution in [-0.4, -0.2) is 19.9 Å². The van der Waals surface area contributed by atoms with Gasteiger partial charge in [-0.1, -0.05) is 103 Å². The molecular formula is C100H79F5N8O4+4. The molecule has 0 unspecified atom stereocenters. The predicted molar refractivity (Wildman–Crippen MR) is 452 cm³/mol. The summed E-state index contributed by atoms with van der Waals surface area (Å²) in [6.07, 6.45) is 7.73. The van der Waals surface area contributed by atoms with Crippen LogP contribution in [0.1, 0.15) is 45.0 Å². The van der Waals surface area contributed by atoms with Gasteiger partial charge in [-0.15, -0.1) is 0 Å². The number of aryl methyl sites for hydroxylation is 12. The zero-order chi connectivity index (χ0) is 81.4. The Hall–Kier alpha value is -14.2. The average molecular weight is 1550 g/mol. The molecule has 0 radical (unpaired) electrons. The number of rotatable bonds is 8. The highest BCUT2D eigenvalue weighted by molar-refractivity contribution is 6.12. The van der Waals surface area contributed by atoms with Crippen LogP contribution >= 0.6 is 0 Å². The Morgan fingerprint density at radius 2 is 0.607 bits per heavy atom. The Kier molecular flexibility index (Phi) is 19.8. The van der Waals surface area contributed by atoms with E-state index >= 15 is 0 Å². The molecule has 20 aromatic rings. The van der Waals surface area contributed by atoms with Crippen LogP contribution in [0, 0.1) is 84.5 Å². The summed E-state index contributed by atoms with van der Waals surface area (Å²) in [6.45, 7) is 16.0. The van der Waals surface area contributed by atoms with Gasteiger partial charge in [0.15, 0.2) is 47.1 Å². The lowest BCUT2D eigenvalue weighted by molar-refractivity contribution is -0.660. The van der Waals surface area contributed by atoms with Gasteiger partial charge in [-0.3, -0.25) is 0 Å². The van der Waals surface area contributed by atoms with Gasteiger partial charge in [0.2, 0.25) is 45.6 Å². The summed E-state index contributed by atoms with van der Waals surface area (Å²) in [4.78, 5) is 18.2. The van der Waals surface area contributed by atoms with Crippen molar-refractivity contribution in [3.63, 3.8) is 0 Å². The lowest BCUT2D eigenvalue weighted by Crippen LogP contribution is -2.31. The van der Waals surface area contributed by atoms with Crippen LogP contribution in [0.5, 0.6) is 0 Å². The molecule has 0 aliphatic rings. The van der Waals surface area contributed by atoms with E-state index in [0.29, 0.717) is 50.7 Å². The normalized spacial score (nSPS) is 11.5.